The highest BCUT2D eigenvalue weighted by atomic mass is 16.2. The fraction of sp³-hybridized carbons (Fsp3) is 0.593. The molecule has 2 fully saturated rings. The molecule has 4 amide bonds. The van der Waals surface area contributed by atoms with Crippen molar-refractivity contribution in [3.05, 3.63) is 35.4 Å². The number of nitrogens with zero attached hydrogens (tertiary/aromatic N) is 2. The van der Waals surface area contributed by atoms with E-state index in [1.807, 2.05) is 31.2 Å². The van der Waals surface area contributed by atoms with Crippen LogP contribution in [-0.4, -0.2) is 77.5 Å². The van der Waals surface area contributed by atoms with E-state index >= 15 is 0 Å². The van der Waals surface area contributed by atoms with Crippen molar-refractivity contribution in [1.29, 1.82) is 0 Å². The largest absolute Gasteiger partial charge is 0.352 e. The van der Waals surface area contributed by atoms with Gasteiger partial charge in [-0.25, -0.2) is 0 Å². The number of nitrogens with one attached hydrogen (secondary N) is 2. The highest BCUT2D eigenvalue weighted by Crippen LogP contribution is 2.31. The van der Waals surface area contributed by atoms with Crippen LogP contribution < -0.4 is 10.6 Å². The predicted octanol–water partition coefficient (Wildman–Crippen LogP) is 1.65. The number of hydrogen-bond donors (Lipinski definition) is 2. The summed E-state index contributed by atoms with van der Waals surface area (Å²) in [6.07, 6.45) is 1.45. The van der Waals surface area contributed by atoms with Crippen molar-refractivity contribution in [3.8, 4) is 0 Å². The van der Waals surface area contributed by atoms with E-state index in [0.29, 0.717) is 31.5 Å². The number of benzene rings is 1. The molecule has 3 rings (SSSR count). The molecule has 2 heterocycles. The standard InChI is InChI=1S/C27H38N4O5/c1-17(10-12-28-26(36)19-6-8-20(9-7-19)27(3,4)5)14-23(34)30-13-11-21-25(30)22(33)16-31(21)24(35)15-29-18(2)32/h6-9,17,21,25H,10-16H2,1-5H3,(H,28,36)(H,29,32). The number of Topliss-reactive ketones (excluding diaryl/α,β-unsaturated/α-hetero) is 1. The number of ketones is 1. The molecule has 0 radical (unpaired) electrons. The lowest BCUT2D eigenvalue weighted by Crippen LogP contribution is -2.45. The Balaban J connectivity index is 1.46. The third-order valence-electron chi connectivity index (χ3n) is 7.01. The Hall–Kier alpha value is -3.23. The van der Waals surface area contributed by atoms with Crippen LogP contribution in [0.2, 0.25) is 0 Å². The van der Waals surface area contributed by atoms with E-state index in [0.717, 1.165) is 5.56 Å². The van der Waals surface area contributed by atoms with Crippen LogP contribution >= 0.6 is 0 Å². The van der Waals surface area contributed by atoms with Crippen LogP contribution in [0.4, 0.5) is 0 Å². The number of carbonyl (C=O) groups is 5. The molecular weight excluding hydrogens is 460 g/mol. The molecule has 2 aliphatic heterocycles. The Bertz CT molecular complexity index is 1010. The van der Waals surface area contributed by atoms with Crippen molar-refractivity contribution in [2.24, 2.45) is 5.92 Å². The van der Waals surface area contributed by atoms with E-state index in [9.17, 15) is 24.0 Å². The molecule has 2 aliphatic rings. The van der Waals surface area contributed by atoms with Crippen LogP contribution in [-0.2, 0) is 24.6 Å². The van der Waals surface area contributed by atoms with Crippen LogP contribution in [0.15, 0.2) is 24.3 Å². The van der Waals surface area contributed by atoms with Crippen LogP contribution in [0, 0.1) is 5.92 Å². The summed E-state index contributed by atoms with van der Waals surface area (Å²) in [6, 6.07) is 6.66. The lowest BCUT2D eigenvalue weighted by Gasteiger charge is -2.25. The van der Waals surface area contributed by atoms with Gasteiger partial charge < -0.3 is 20.4 Å². The summed E-state index contributed by atoms with van der Waals surface area (Å²) >= 11 is 0. The zero-order valence-electron chi connectivity index (χ0n) is 21.9. The number of rotatable bonds is 8. The molecule has 2 N–H and O–H groups in total. The average molecular weight is 499 g/mol. The van der Waals surface area contributed by atoms with Crippen molar-refractivity contribution in [1.82, 2.24) is 20.4 Å². The minimum absolute atomic E-state index is 0.0223. The molecule has 0 spiro atoms. The maximum atomic E-state index is 13.0. The van der Waals surface area contributed by atoms with Gasteiger partial charge in [-0.2, -0.15) is 0 Å². The summed E-state index contributed by atoms with van der Waals surface area (Å²) in [7, 11) is 0. The fourth-order valence-electron chi connectivity index (χ4n) is 4.90. The van der Waals surface area contributed by atoms with Crippen molar-refractivity contribution in [2.75, 3.05) is 26.2 Å². The van der Waals surface area contributed by atoms with Crippen molar-refractivity contribution in [3.63, 3.8) is 0 Å². The van der Waals surface area contributed by atoms with Gasteiger partial charge in [0.1, 0.15) is 6.04 Å². The Morgan fingerprint density at radius 2 is 1.69 bits per heavy atom. The molecule has 36 heavy (non-hydrogen) atoms. The van der Waals surface area contributed by atoms with Gasteiger partial charge in [0, 0.05) is 32.0 Å². The Labute approximate surface area is 213 Å². The van der Waals surface area contributed by atoms with E-state index in [-0.39, 0.29) is 66.3 Å². The molecule has 0 aromatic heterocycles. The molecule has 3 unspecified atom stereocenters. The van der Waals surface area contributed by atoms with Gasteiger partial charge in [-0.15, -0.1) is 0 Å². The average Bonchev–Trinajstić information content (AvgIpc) is 3.38. The van der Waals surface area contributed by atoms with Gasteiger partial charge in [-0.1, -0.05) is 39.8 Å². The smallest absolute Gasteiger partial charge is 0.251 e. The molecule has 3 atom stereocenters. The van der Waals surface area contributed by atoms with Crippen LogP contribution in [0.25, 0.3) is 0 Å². The number of fused-ring (bicyclic) bond motifs is 1. The van der Waals surface area contributed by atoms with E-state index in [1.165, 1.54) is 11.8 Å². The van der Waals surface area contributed by atoms with Crippen LogP contribution in [0.3, 0.4) is 0 Å². The van der Waals surface area contributed by atoms with Gasteiger partial charge in [0.15, 0.2) is 5.78 Å². The van der Waals surface area contributed by atoms with Gasteiger partial charge in [0.25, 0.3) is 5.91 Å². The monoisotopic (exact) mass is 498 g/mol. The molecule has 0 saturated carbocycles. The van der Waals surface area contributed by atoms with Crippen LogP contribution in [0.5, 0.6) is 0 Å². The normalized spacial score (nSPS) is 20.2. The van der Waals surface area contributed by atoms with Crippen molar-refractivity contribution >= 4 is 29.4 Å². The molecule has 9 heteroatoms. The summed E-state index contributed by atoms with van der Waals surface area (Å²) < 4.78 is 0. The van der Waals surface area contributed by atoms with Gasteiger partial charge in [0.05, 0.1) is 19.1 Å². The maximum absolute atomic E-state index is 13.0. The maximum Gasteiger partial charge on any atom is 0.251 e. The van der Waals surface area contributed by atoms with Gasteiger partial charge in [-0.3, -0.25) is 24.0 Å². The lowest BCUT2D eigenvalue weighted by molar-refractivity contribution is -0.137. The number of hydrogen-bond acceptors (Lipinski definition) is 5. The van der Waals surface area contributed by atoms with Crippen LogP contribution in [0.1, 0.15) is 69.8 Å². The van der Waals surface area contributed by atoms with Gasteiger partial charge in [0.2, 0.25) is 17.7 Å². The third kappa shape index (κ3) is 6.50. The lowest BCUT2D eigenvalue weighted by atomic mass is 9.87. The molecule has 196 valence electrons. The molecule has 1 aromatic rings. The Kier molecular flexibility index (Phi) is 8.53. The quantitative estimate of drug-likeness (QED) is 0.565. The summed E-state index contributed by atoms with van der Waals surface area (Å²) in [5.74, 6) is -0.983. The molecule has 0 bridgehead atoms. The molecule has 2 saturated heterocycles. The molecular formula is C27H38N4O5. The molecule has 0 aliphatic carbocycles. The zero-order chi connectivity index (χ0) is 26.6. The highest BCUT2D eigenvalue weighted by molar-refractivity contribution is 5.98. The van der Waals surface area contributed by atoms with E-state index in [2.05, 4.69) is 31.4 Å². The Morgan fingerprint density at radius 3 is 2.31 bits per heavy atom. The number of likely N-dealkylation sites (tertiary alicyclic amines) is 2. The second kappa shape index (κ2) is 11.2. The predicted molar refractivity (Wildman–Crippen MR) is 135 cm³/mol. The minimum atomic E-state index is -0.609. The van der Waals surface area contributed by atoms with Crippen molar-refractivity contribution in [2.45, 2.75) is 71.4 Å². The molecule has 9 nitrogen and oxygen atoms in total. The second-order valence-corrected chi connectivity index (χ2v) is 11.0. The third-order valence-corrected chi connectivity index (χ3v) is 7.01. The summed E-state index contributed by atoms with van der Waals surface area (Å²) in [6.45, 7) is 10.4. The summed E-state index contributed by atoms with van der Waals surface area (Å²) in [5.41, 5.74) is 1.79. The molecule has 1 aromatic carbocycles. The SMILES string of the molecule is CC(=O)NCC(=O)N1CC(=O)C2C1CCN2C(=O)CC(C)CCNC(=O)c1ccc(C(C)(C)C)cc1. The highest BCUT2D eigenvalue weighted by Gasteiger charge is 2.51. The first-order valence-electron chi connectivity index (χ1n) is 12.6. The topological polar surface area (TPSA) is 116 Å². The first-order valence-corrected chi connectivity index (χ1v) is 12.6. The minimum Gasteiger partial charge on any atom is -0.352 e. The van der Waals surface area contributed by atoms with Crippen molar-refractivity contribution < 1.29 is 24.0 Å². The van der Waals surface area contributed by atoms with Gasteiger partial charge in [-0.05, 0) is 41.9 Å². The van der Waals surface area contributed by atoms with Gasteiger partial charge >= 0.3 is 0 Å². The zero-order valence-corrected chi connectivity index (χ0v) is 21.9. The Morgan fingerprint density at radius 1 is 1.03 bits per heavy atom. The van der Waals surface area contributed by atoms with E-state index < -0.39 is 6.04 Å². The summed E-state index contributed by atoms with van der Waals surface area (Å²) in [4.78, 5) is 64.8. The number of carbonyl (C=O) groups excluding carboxylic acids is 5. The first-order chi connectivity index (χ1) is 16.9. The first kappa shape index (κ1) is 27.4. The summed E-state index contributed by atoms with van der Waals surface area (Å²) in [5, 5.41) is 5.39. The van der Waals surface area contributed by atoms with E-state index in [1.54, 1.807) is 4.90 Å². The number of amides is 4. The fourth-order valence-corrected chi connectivity index (χ4v) is 4.90. The second-order valence-electron chi connectivity index (χ2n) is 11.0. The van der Waals surface area contributed by atoms with E-state index in [4.69, 9.17) is 0 Å².